The molecular weight excluding hydrogens is 248 g/mol. The van der Waals surface area contributed by atoms with Crippen molar-refractivity contribution in [2.24, 2.45) is 0 Å². The molecule has 20 heavy (non-hydrogen) atoms. The summed E-state index contributed by atoms with van der Waals surface area (Å²) >= 11 is 0. The maximum Gasteiger partial charge on any atom is 0.138 e. The number of aryl methyl sites for hydroxylation is 3. The van der Waals surface area contributed by atoms with Gasteiger partial charge in [0, 0.05) is 32.3 Å². The Morgan fingerprint density at radius 3 is 2.50 bits per heavy atom. The number of nitrogens with one attached hydrogen (secondary N) is 1. The maximum atomic E-state index is 4.61. The molecule has 0 unspecified atom stereocenters. The molecule has 4 heteroatoms. The Kier molecular flexibility index (Phi) is 4.23. The predicted octanol–water partition coefficient (Wildman–Crippen LogP) is 3.47. The Hall–Kier alpha value is -2.10. The van der Waals surface area contributed by atoms with Crippen LogP contribution < -0.4 is 10.2 Å². The van der Waals surface area contributed by atoms with Gasteiger partial charge in [-0.15, -0.1) is 0 Å². The van der Waals surface area contributed by atoms with E-state index >= 15 is 0 Å². The van der Waals surface area contributed by atoms with Gasteiger partial charge in [-0.1, -0.05) is 24.6 Å². The Labute approximate surface area is 120 Å². The number of rotatable bonds is 4. The molecule has 2 aromatic rings. The molecule has 0 saturated carbocycles. The van der Waals surface area contributed by atoms with E-state index in [2.05, 4.69) is 59.2 Å². The van der Waals surface area contributed by atoms with Gasteiger partial charge in [0.25, 0.3) is 0 Å². The molecule has 1 heterocycles. The molecule has 106 valence electrons. The largest absolute Gasteiger partial charge is 0.373 e. The molecule has 0 aliphatic carbocycles. The van der Waals surface area contributed by atoms with E-state index in [1.54, 1.807) is 0 Å². The van der Waals surface area contributed by atoms with Gasteiger partial charge in [0.15, 0.2) is 0 Å². The van der Waals surface area contributed by atoms with Crippen LogP contribution in [0.4, 0.5) is 17.3 Å². The van der Waals surface area contributed by atoms with Crippen molar-refractivity contribution in [3.63, 3.8) is 0 Å². The number of anilines is 3. The number of aromatic nitrogens is 2. The second-order valence-corrected chi connectivity index (χ2v) is 4.98. The van der Waals surface area contributed by atoms with E-state index in [0.29, 0.717) is 0 Å². The van der Waals surface area contributed by atoms with Gasteiger partial charge < -0.3 is 10.2 Å². The maximum absolute atomic E-state index is 4.61. The number of hydrogen-bond acceptors (Lipinski definition) is 4. The zero-order valence-electron chi connectivity index (χ0n) is 12.9. The fraction of sp³-hybridized carbons (Fsp3) is 0.375. The summed E-state index contributed by atoms with van der Waals surface area (Å²) in [5.41, 5.74) is 3.68. The molecular formula is C16H22N4. The summed E-state index contributed by atoms with van der Waals surface area (Å²) in [6.45, 7) is 6.30. The quantitative estimate of drug-likeness (QED) is 0.923. The van der Waals surface area contributed by atoms with E-state index in [1.807, 2.05) is 20.2 Å². The van der Waals surface area contributed by atoms with Crippen LogP contribution in [0.25, 0.3) is 0 Å². The fourth-order valence-corrected chi connectivity index (χ4v) is 2.25. The monoisotopic (exact) mass is 270 g/mol. The molecule has 0 bridgehead atoms. The van der Waals surface area contributed by atoms with Crippen molar-refractivity contribution in [3.05, 3.63) is 41.2 Å². The highest BCUT2D eigenvalue weighted by Crippen LogP contribution is 2.27. The second-order valence-electron chi connectivity index (χ2n) is 4.98. The number of benzene rings is 1. The topological polar surface area (TPSA) is 41.1 Å². The highest BCUT2D eigenvalue weighted by molar-refractivity contribution is 5.65. The highest BCUT2D eigenvalue weighted by Gasteiger charge is 2.11. The SMILES string of the molecule is CCc1nc(NC)cc(N(C)c2ccc(C)cc2C)n1. The van der Waals surface area contributed by atoms with Crippen LogP contribution in [-0.4, -0.2) is 24.1 Å². The first kappa shape index (κ1) is 14.3. The minimum Gasteiger partial charge on any atom is -0.373 e. The minimum atomic E-state index is 0.823. The summed E-state index contributed by atoms with van der Waals surface area (Å²) in [7, 11) is 3.92. The molecule has 0 aliphatic rings. The molecule has 0 amide bonds. The lowest BCUT2D eigenvalue weighted by Gasteiger charge is -2.22. The molecule has 0 spiro atoms. The van der Waals surface area contributed by atoms with Crippen molar-refractivity contribution in [1.82, 2.24) is 9.97 Å². The Morgan fingerprint density at radius 2 is 1.90 bits per heavy atom. The van der Waals surface area contributed by atoms with Gasteiger partial charge >= 0.3 is 0 Å². The zero-order chi connectivity index (χ0) is 14.7. The molecule has 1 N–H and O–H groups in total. The summed E-state index contributed by atoms with van der Waals surface area (Å²) in [6, 6.07) is 8.42. The van der Waals surface area contributed by atoms with Gasteiger partial charge in [-0.05, 0) is 25.5 Å². The first-order valence-electron chi connectivity index (χ1n) is 6.91. The first-order valence-corrected chi connectivity index (χ1v) is 6.91. The van der Waals surface area contributed by atoms with Crippen LogP contribution in [0.1, 0.15) is 23.9 Å². The average Bonchev–Trinajstić information content (AvgIpc) is 2.46. The zero-order valence-corrected chi connectivity index (χ0v) is 12.9. The van der Waals surface area contributed by atoms with Crippen molar-refractivity contribution in [2.75, 3.05) is 24.3 Å². The van der Waals surface area contributed by atoms with Crippen LogP contribution in [0.3, 0.4) is 0 Å². The summed E-state index contributed by atoms with van der Waals surface area (Å²) in [5.74, 6) is 2.61. The third-order valence-electron chi connectivity index (χ3n) is 3.39. The third kappa shape index (κ3) is 2.90. The van der Waals surface area contributed by atoms with E-state index in [0.717, 1.165) is 23.9 Å². The van der Waals surface area contributed by atoms with Crippen LogP contribution in [0, 0.1) is 13.8 Å². The molecule has 0 saturated heterocycles. The summed E-state index contributed by atoms with van der Waals surface area (Å²) in [4.78, 5) is 11.2. The van der Waals surface area contributed by atoms with Crippen LogP contribution in [0.15, 0.2) is 24.3 Å². The van der Waals surface area contributed by atoms with Gasteiger partial charge in [-0.2, -0.15) is 0 Å². The van der Waals surface area contributed by atoms with Crippen molar-refractivity contribution in [3.8, 4) is 0 Å². The van der Waals surface area contributed by atoms with Crippen molar-refractivity contribution in [1.29, 1.82) is 0 Å². The Morgan fingerprint density at radius 1 is 1.15 bits per heavy atom. The average molecular weight is 270 g/mol. The normalized spacial score (nSPS) is 10.4. The van der Waals surface area contributed by atoms with Gasteiger partial charge in [0.2, 0.25) is 0 Å². The highest BCUT2D eigenvalue weighted by atomic mass is 15.2. The van der Waals surface area contributed by atoms with Gasteiger partial charge in [0.05, 0.1) is 0 Å². The molecule has 1 aromatic heterocycles. The van der Waals surface area contributed by atoms with E-state index < -0.39 is 0 Å². The van der Waals surface area contributed by atoms with Crippen LogP contribution in [-0.2, 0) is 6.42 Å². The van der Waals surface area contributed by atoms with Crippen molar-refractivity contribution in [2.45, 2.75) is 27.2 Å². The lowest BCUT2D eigenvalue weighted by molar-refractivity contribution is 0.926. The van der Waals surface area contributed by atoms with E-state index in [1.165, 1.54) is 16.8 Å². The summed E-state index contributed by atoms with van der Waals surface area (Å²) in [6.07, 6.45) is 0.823. The van der Waals surface area contributed by atoms with Crippen molar-refractivity contribution >= 4 is 17.3 Å². The molecule has 0 aliphatic heterocycles. The van der Waals surface area contributed by atoms with Crippen molar-refractivity contribution < 1.29 is 0 Å². The number of nitrogens with zero attached hydrogens (tertiary/aromatic N) is 3. The van der Waals surface area contributed by atoms with E-state index in [-0.39, 0.29) is 0 Å². The molecule has 1 aromatic carbocycles. The summed E-state index contributed by atoms with van der Waals surface area (Å²) in [5, 5.41) is 3.09. The molecule has 0 radical (unpaired) electrons. The van der Waals surface area contributed by atoms with E-state index in [4.69, 9.17) is 0 Å². The lowest BCUT2D eigenvalue weighted by atomic mass is 10.1. The van der Waals surface area contributed by atoms with E-state index in [9.17, 15) is 0 Å². The Balaban J connectivity index is 2.44. The fourth-order valence-electron chi connectivity index (χ4n) is 2.25. The van der Waals surface area contributed by atoms with Crippen LogP contribution >= 0.6 is 0 Å². The number of hydrogen-bond donors (Lipinski definition) is 1. The molecule has 0 fully saturated rings. The minimum absolute atomic E-state index is 0.823. The first-order chi connectivity index (χ1) is 9.55. The van der Waals surface area contributed by atoms with Gasteiger partial charge in [0.1, 0.15) is 17.5 Å². The van der Waals surface area contributed by atoms with Crippen LogP contribution in [0.5, 0.6) is 0 Å². The smallest absolute Gasteiger partial charge is 0.138 e. The molecule has 4 nitrogen and oxygen atoms in total. The van der Waals surface area contributed by atoms with Gasteiger partial charge in [-0.3, -0.25) is 0 Å². The standard InChI is InChI=1S/C16H22N4/c1-6-14-18-15(17-4)10-16(19-14)20(5)13-8-7-11(2)9-12(13)3/h7-10H,6H2,1-5H3,(H,17,18,19). The van der Waals surface area contributed by atoms with Crippen LogP contribution in [0.2, 0.25) is 0 Å². The summed E-state index contributed by atoms with van der Waals surface area (Å²) < 4.78 is 0. The van der Waals surface area contributed by atoms with Gasteiger partial charge in [-0.25, -0.2) is 9.97 Å². The molecule has 0 atom stereocenters. The second kappa shape index (κ2) is 5.90. The predicted molar refractivity (Wildman–Crippen MR) is 84.9 cm³/mol. The Bertz CT molecular complexity index is 585. The third-order valence-corrected chi connectivity index (χ3v) is 3.39. The molecule has 2 rings (SSSR count). The lowest BCUT2D eigenvalue weighted by Crippen LogP contribution is -2.14.